The minimum Gasteiger partial charge on any atom is -0.452 e. The first-order chi connectivity index (χ1) is 12.4. The lowest BCUT2D eigenvalue weighted by Crippen LogP contribution is -2.38. The second-order valence-corrected chi connectivity index (χ2v) is 7.02. The molecule has 0 amide bonds. The van der Waals surface area contributed by atoms with E-state index in [0.717, 1.165) is 29.5 Å². The highest BCUT2D eigenvalue weighted by atomic mass is 16.7. The Balaban J connectivity index is 1.71. The molecule has 4 nitrogen and oxygen atoms in total. The third-order valence-electron chi connectivity index (χ3n) is 4.36. The van der Waals surface area contributed by atoms with E-state index in [1.807, 2.05) is 30.3 Å². The van der Waals surface area contributed by atoms with Crippen molar-refractivity contribution in [2.75, 3.05) is 0 Å². The first kappa shape index (κ1) is 16.2. The van der Waals surface area contributed by atoms with Gasteiger partial charge < -0.3 is 9.47 Å². The second kappa shape index (κ2) is 5.93. The Morgan fingerprint density at radius 2 is 1.77 bits per heavy atom. The zero-order chi connectivity index (χ0) is 18.3. The minimum absolute atomic E-state index is 0.397. The van der Waals surface area contributed by atoms with Crippen LogP contribution in [0.1, 0.15) is 48.2 Å². The van der Waals surface area contributed by atoms with Gasteiger partial charge in [-0.05, 0) is 48.2 Å². The first-order valence-electron chi connectivity index (χ1n) is 8.58. The topological polar surface area (TPSA) is 59.3 Å². The van der Waals surface area contributed by atoms with E-state index in [2.05, 4.69) is 17.9 Å². The van der Waals surface area contributed by atoms with E-state index >= 15 is 0 Å². The molecule has 2 aromatic rings. The third-order valence-corrected chi connectivity index (χ3v) is 4.36. The van der Waals surface area contributed by atoms with Gasteiger partial charge in [0, 0.05) is 25.3 Å². The molecule has 1 fully saturated rings. The number of rotatable bonds is 1. The molecule has 0 aromatic heterocycles. The van der Waals surface area contributed by atoms with Crippen LogP contribution in [0.3, 0.4) is 0 Å². The van der Waals surface area contributed by atoms with Gasteiger partial charge in [0.25, 0.3) is 0 Å². The van der Waals surface area contributed by atoms with Crippen LogP contribution in [-0.4, -0.2) is 11.8 Å². The van der Waals surface area contributed by atoms with E-state index in [1.54, 1.807) is 19.9 Å². The summed E-state index contributed by atoms with van der Waals surface area (Å²) >= 11 is 0. The molecule has 26 heavy (non-hydrogen) atoms. The number of hydrogen-bond acceptors (Lipinski definition) is 4. The van der Waals surface area contributed by atoms with Crippen LogP contribution in [-0.2, 0) is 4.74 Å². The van der Waals surface area contributed by atoms with E-state index in [4.69, 9.17) is 9.47 Å². The second-order valence-electron chi connectivity index (χ2n) is 7.02. The summed E-state index contributed by atoms with van der Waals surface area (Å²) in [5.74, 6) is 5.88. The molecule has 1 aliphatic heterocycles. The maximum atomic E-state index is 12.1. The van der Waals surface area contributed by atoms with Gasteiger partial charge in [0.2, 0.25) is 5.79 Å². The summed E-state index contributed by atoms with van der Waals surface area (Å²) in [6, 6.07) is 13.2. The van der Waals surface area contributed by atoms with Crippen LogP contribution in [0.5, 0.6) is 5.75 Å². The fourth-order valence-corrected chi connectivity index (χ4v) is 2.85. The molecule has 128 valence electrons. The zero-order valence-electron chi connectivity index (χ0n) is 14.6. The lowest BCUT2D eigenvalue weighted by atomic mass is 9.98. The summed E-state index contributed by atoms with van der Waals surface area (Å²) in [7, 11) is 0. The summed E-state index contributed by atoms with van der Waals surface area (Å²) in [4.78, 5) is 12.1. The highest BCUT2D eigenvalue weighted by Gasteiger charge is 2.33. The maximum absolute atomic E-state index is 12.1. The molecule has 2 aliphatic rings. The number of ether oxygens (including phenoxy) is 2. The average molecular weight is 343 g/mol. The van der Waals surface area contributed by atoms with Crippen molar-refractivity contribution in [3.8, 4) is 34.8 Å². The van der Waals surface area contributed by atoms with Gasteiger partial charge in [-0.1, -0.05) is 24.0 Å². The predicted molar refractivity (Wildman–Crippen MR) is 96.3 cm³/mol. The van der Waals surface area contributed by atoms with Gasteiger partial charge in [-0.3, -0.25) is 0 Å². The average Bonchev–Trinajstić information content (AvgIpc) is 3.42. The lowest BCUT2D eigenvalue weighted by Gasteiger charge is -2.31. The molecule has 2 aromatic carbocycles. The molecular formula is C22H17NO3. The standard InChI is InChI=1S/C22H17NO3/c1-22(2)25-20-12-17(9-10-19(20)21(24)26-22)16-8-7-15(18(11-16)13-23)6-5-14-3-4-14/h7-12,14H,3-4H2,1-2H3. The fraction of sp³-hybridized carbons (Fsp3) is 0.273. The van der Waals surface area contributed by atoms with Gasteiger partial charge in [0.15, 0.2) is 0 Å². The van der Waals surface area contributed by atoms with Crippen LogP contribution in [0.2, 0.25) is 0 Å². The van der Waals surface area contributed by atoms with Crippen LogP contribution in [0, 0.1) is 29.1 Å². The van der Waals surface area contributed by atoms with E-state index in [1.165, 1.54) is 0 Å². The van der Waals surface area contributed by atoms with Gasteiger partial charge in [-0.15, -0.1) is 0 Å². The maximum Gasteiger partial charge on any atom is 0.345 e. The summed E-state index contributed by atoms with van der Waals surface area (Å²) in [6.07, 6.45) is 2.31. The quantitative estimate of drug-likeness (QED) is 0.573. The smallest absolute Gasteiger partial charge is 0.345 e. The molecular weight excluding hydrogens is 326 g/mol. The van der Waals surface area contributed by atoms with Crippen molar-refractivity contribution in [3.63, 3.8) is 0 Å². The Hall–Kier alpha value is -3.24. The van der Waals surface area contributed by atoms with Gasteiger partial charge in [-0.25, -0.2) is 4.79 Å². The summed E-state index contributed by atoms with van der Waals surface area (Å²) in [5, 5.41) is 9.46. The number of carbonyl (C=O) groups excluding carboxylic acids is 1. The molecule has 0 unspecified atom stereocenters. The summed E-state index contributed by atoms with van der Waals surface area (Å²) < 4.78 is 11.0. The molecule has 1 aliphatic carbocycles. The molecule has 0 saturated heterocycles. The summed E-state index contributed by atoms with van der Waals surface area (Å²) in [6.45, 7) is 3.39. The van der Waals surface area contributed by atoms with Crippen molar-refractivity contribution in [1.29, 1.82) is 5.26 Å². The molecule has 4 heteroatoms. The monoisotopic (exact) mass is 343 g/mol. The molecule has 0 spiro atoms. The number of hydrogen-bond donors (Lipinski definition) is 0. The zero-order valence-corrected chi connectivity index (χ0v) is 14.6. The first-order valence-corrected chi connectivity index (χ1v) is 8.58. The SMILES string of the molecule is CC1(C)OC(=O)c2ccc(-c3ccc(C#CC4CC4)c(C#N)c3)cc2O1. The van der Waals surface area contributed by atoms with Gasteiger partial charge >= 0.3 is 5.97 Å². The molecule has 0 radical (unpaired) electrons. The number of benzene rings is 2. The largest absolute Gasteiger partial charge is 0.452 e. The van der Waals surface area contributed by atoms with E-state index < -0.39 is 11.8 Å². The Kier molecular flexibility index (Phi) is 3.71. The normalized spacial score (nSPS) is 17.0. The number of esters is 1. The number of nitrogens with zero attached hydrogens (tertiary/aromatic N) is 1. The Bertz CT molecular complexity index is 1010. The van der Waals surface area contributed by atoms with Crippen LogP contribution >= 0.6 is 0 Å². The van der Waals surface area contributed by atoms with Gasteiger partial charge in [0.1, 0.15) is 17.4 Å². The van der Waals surface area contributed by atoms with Crippen LogP contribution in [0.25, 0.3) is 11.1 Å². The van der Waals surface area contributed by atoms with Crippen LogP contribution in [0.15, 0.2) is 36.4 Å². The van der Waals surface area contributed by atoms with Crippen LogP contribution in [0.4, 0.5) is 0 Å². The highest BCUT2D eigenvalue weighted by Crippen LogP contribution is 2.35. The van der Waals surface area contributed by atoms with E-state index in [-0.39, 0.29) is 0 Å². The minimum atomic E-state index is -0.997. The number of carbonyl (C=O) groups is 1. The predicted octanol–water partition coefficient (Wildman–Crippen LogP) is 4.27. The fourth-order valence-electron chi connectivity index (χ4n) is 2.85. The van der Waals surface area contributed by atoms with Gasteiger partial charge in [-0.2, -0.15) is 5.26 Å². The summed E-state index contributed by atoms with van der Waals surface area (Å²) in [5.41, 5.74) is 3.45. The van der Waals surface area contributed by atoms with Crippen molar-refractivity contribution in [2.24, 2.45) is 5.92 Å². The Morgan fingerprint density at radius 3 is 2.50 bits per heavy atom. The molecule has 0 atom stereocenters. The molecule has 0 bridgehead atoms. The van der Waals surface area contributed by atoms with Crippen molar-refractivity contribution in [1.82, 2.24) is 0 Å². The molecule has 1 heterocycles. The van der Waals surface area contributed by atoms with Crippen LogP contribution < -0.4 is 4.74 Å². The molecule has 1 saturated carbocycles. The molecule has 4 rings (SSSR count). The number of cyclic esters (lactones) is 1. The van der Waals surface area contributed by atoms with Crippen molar-refractivity contribution < 1.29 is 14.3 Å². The highest BCUT2D eigenvalue weighted by molar-refractivity contribution is 5.94. The Morgan fingerprint density at radius 1 is 1.04 bits per heavy atom. The number of fused-ring (bicyclic) bond motifs is 1. The Labute approximate surface area is 152 Å². The van der Waals surface area contributed by atoms with E-state index in [0.29, 0.717) is 22.8 Å². The lowest BCUT2D eigenvalue weighted by molar-refractivity contribution is -0.127. The van der Waals surface area contributed by atoms with E-state index in [9.17, 15) is 10.1 Å². The van der Waals surface area contributed by atoms with Crippen molar-refractivity contribution in [3.05, 3.63) is 53.1 Å². The van der Waals surface area contributed by atoms with Crippen molar-refractivity contribution in [2.45, 2.75) is 32.5 Å². The molecule has 0 N–H and O–H groups in total. The third kappa shape index (κ3) is 3.15. The number of nitriles is 1. The van der Waals surface area contributed by atoms with Gasteiger partial charge in [0.05, 0.1) is 5.56 Å². The van der Waals surface area contributed by atoms with Crippen molar-refractivity contribution >= 4 is 5.97 Å².